The van der Waals surface area contributed by atoms with Gasteiger partial charge in [0.2, 0.25) is 0 Å². The molecule has 0 saturated heterocycles. The molecule has 0 atom stereocenters. The van der Waals surface area contributed by atoms with Crippen molar-refractivity contribution < 1.29 is 35.9 Å². The summed E-state index contributed by atoms with van der Waals surface area (Å²) in [6.07, 6.45) is -10.2. The van der Waals surface area contributed by atoms with E-state index in [9.17, 15) is 35.9 Å². The predicted octanol–water partition coefficient (Wildman–Crippen LogP) is 4.05. The molecule has 0 N–H and O–H groups in total. The van der Waals surface area contributed by atoms with Crippen molar-refractivity contribution in [1.82, 2.24) is 0 Å². The maximum Gasteiger partial charge on any atom is 0.461 e. The van der Waals surface area contributed by atoms with Crippen LogP contribution in [0, 0.1) is 0 Å². The van der Waals surface area contributed by atoms with Gasteiger partial charge in [-0.3, -0.25) is 9.59 Å². The lowest BCUT2D eigenvalue weighted by atomic mass is 10.4. The van der Waals surface area contributed by atoms with E-state index in [2.05, 4.69) is 0 Å². The SMILES string of the molecule is O=C(Sc1ccccc1SC(=O)C(F)(F)F)C(F)(F)F. The van der Waals surface area contributed by atoms with Crippen molar-refractivity contribution in [2.24, 2.45) is 0 Å². The van der Waals surface area contributed by atoms with Crippen LogP contribution in [0.25, 0.3) is 0 Å². The molecule has 0 aliphatic heterocycles. The Morgan fingerprint density at radius 3 is 1.30 bits per heavy atom. The molecule has 1 aromatic rings. The van der Waals surface area contributed by atoms with Crippen LogP contribution in [-0.2, 0) is 9.59 Å². The number of carbonyl (C=O) groups excluding carboxylic acids is 2. The lowest BCUT2D eigenvalue weighted by molar-refractivity contribution is -0.160. The standard InChI is InChI=1S/C10H4F6O2S2/c11-9(12,13)7(17)19-5-3-1-2-4-6(5)20-8(18)10(14,15)16/h1-4H. The average molecular weight is 334 g/mol. The molecule has 0 radical (unpaired) electrons. The molecule has 0 heterocycles. The molecule has 0 spiro atoms. The number of hydrogen-bond acceptors (Lipinski definition) is 4. The van der Waals surface area contributed by atoms with E-state index in [0.717, 1.165) is 12.1 Å². The van der Waals surface area contributed by atoms with Gasteiger partial charge in [0.05, 0.1) is 0 Å². The highest BCUT2D eigenvalue weighted by molar-refractivity contribution is 8.16. The second-order valence-electron chi connectivity index (χ2n) is 3.22. The van der Waals surface area contributed by atoms with E-state index in [0.29, 0.717) is 0 Å². The molecule has 0 amide bonds. The van der Waals surface area contributed by atoms with Crippen molar-refractivity contribution in [2.45, 2.75) is 22.1 Å². The molecule has 0 aliphatic carbocycles. The Labute approximate surface area is 116 Å². The summed E-state index contributed by atoms with van der Waals surface area (Å²) in [5.41, 5.74) is 0. The number of thioether (sulfide) groups is 2. The van der Waals surface area contributed by atoms with Gasteiger partial charge in [0.25, 0.3) is 10.2 Å². The van der Waals surface area contributed by atoms with Crippen LogP contribution in [0.2, 0.25) is 0 Å². The fourth-order valence-corrected chi connectivity index (χ4v) is 2.45. The molecule has 0 aromatic heterocycles. The molecule has 10 heteroatoms. The van der Waals surface area contributed by atoms with Crippen LogP contribution in [0.4, 0.5) is 26.3 Å². The summed E-state index contributed by atoms with van der Waals surface area (Å²) in [5.74, 6) is 0. The van der Waals surface area contributed by atoms with Gasteiger partial charge < -0.3 is 0 Å². The van der Waals surface area contributed by atoms with Crippen molar-refractivity contribution in [3.05, 3.63) is 24.3 Å². The molecule has 2 nitrogen and oxygen atoms in total. The van der Waals surface area contributed by atoms with Crippen LogP contribution in [0.1, 0.15) is 0 Å². The lowest BCUT2D eigenvalue weighted by Crippen LogP contribution is -2.20. The van der Waals surface area contributed by atoms with Crippen LogP contribution in [0.3, 0.4) is 0 Å². The molecule has 0 unspecified atom stereocenters. The molecule has 0 bridgehead atoms. The van der Waals surface area contributed by atoms with Crippen molar-refractivity contribution in [1.29, 1.82) is 0 Å². The average Bonchev–Trinajstić information content (AvgIpc) is 2.29. The Kier molecular flexibility index (Phi) is 5.14. The van der Waals surface area contributed by atoms with Crippen LogP contribution >= 0.6 is 23.5 Å². The summed E-state index contributed by atoms with van der Waals surface area (Å²) in [5, 5.41) is -4.35. The Hall–Kier alpha value is -1.16. The summed E-state index contributed by atoms with van der Waals surface area (Å²) in [6, 6.07) is 4.54. The summed E-state index contributed by atoms with van der Waals surface area (Å²) in [6.45, 7) is 0. The van der Waals surface area contributed by atoms with E-state index in [1.807, 2.05) is 0 Å². The minimum atomic E-state index is -5.11. The first-order chi connectivity index (χ1) is 9.01. The number of hydrogen-bond donors (Lipinski definition) is 0. The molecule has 110 valence electrons. The number of alkyl halides is 6. The van der Waals surface area contributed by atoms with Gasteiger partial charge in [-0.1, -0.05) is 12.1 Å². The topological polar surface area (TPSA) is 34.1 Å². The molecule has 0 fully saturated rings. The first kappa shape index (κ1) is 16.9. The van der Waals surface area contributed by atoms with Gasteiger partial charge in [0.15, 0.2) is 0 Å². The quantitative estimate of drug-likeness (QED) is 0.604. The van der Waals surface area contributed by atoms with Gasteiger partial charge in [-0.2, -0.15) is 26.3 Å². The highest BCUT2D eigenvalue weighted by atomic mass is 32.2. The van der Waals surface area contributed by atoms with Gasteiger partial charge in [0, 0.05) is 9.79 Å². The van der Waals surface area contributed by atoms with Crippen LogP contribution in [0.15, 0.2) is 34.1 Å². The smallest absolute Gasteiger partial charge is 0.276 e. The number of rotatable bonds is 2. The molecule has 0 aliphatic rings. The van der Waals surface area contributed by atoms with Crippen molar-refractivity contribution >= 4 is 33.8 Å². The summed E-state index contributed by atoms with van der Waals surface area (Å²) in [7, 11) is 0. The Balaban J connectivity index is 2.95. The zero-order chi connectivity index (χ0) is 15.6. The van der Waals surface area contributed by atoms with E-state index in [1.54, 1.807) is 0 Å². The van der Waals surface area contributed by atoms with E-state index in [1.165, 1.54) is 12.1 Å². The first-order valence-corrected chi connectivity index (χ1v) is 6.32. The highest BCUT2D eigenvalue weighted by Gasteiger charge is 2.41. The zero-order valence-corrected chi connectivity index (χ0v) is 10.8. The zero-order valence-electron chi connectivity index (χ0n) is 9.21. The Morgan fingerprint density at radius 2 is 1.05 bits per heavy atom. The fraction of sp³-hybridized carbons (Fsp3) is 0.200. The maximum atomic E-state index is 12.1. The molecule has 0 saturated carbocycles. The minimum absolute atomic E-state index is 0.275. The second-order valence-corrected chi connectivity index (χ2v) is 5.25. The number of halogens is 6. The molecule has 1 rings (SSSR count). The van der Waals surface area contributed by atoms with Gasteiger partial charge in [-0.05, 0) is 35.7 Å². The van der Waals surface area contributed by atoms with Crippen molar-refractivity contribution in [3.8, 4) is 0 Å². The predicted molar refractivity (Wildman–Crippen MR) is 60.3 cm³/mol. The van der Waals surface area contributed by atoms with Crippen LogP contribution in [0.5, 0.6) is 0 Å². The third-order valence-electron chi connectivity index (χ3n) is 1.72. The van der Waals surface area contributed by atoms with Crippen molar-refractivity contribution in [3.63, 3.8) is 0 Å². The molecular weight excluding hydrogens is 330 g/mol. The van der Waals surface area contributed by atoms with Gasteiger partial charge >= 0.3 is 12.4 Å². The normalized spacial score (nSPS) is 12.3. The Bertz CT molecular complexity index is 476. The van der Waals surface area contributed by atoms with Gasteiger partial charge in [0.1, 0.15) is 0 Å². The van der Waals surface area contributed by atoms with E-state index >= 15 is 0 Å². The van der Waals surface area contributed by atoms with Gasteiger partial charge in [-0.25, -0.2) is 0 Å². The monoisotopic (exact) mass is 334 g/mol. The Morgan fingerprint density at radius 1 is 0.750 bits per heavy atom. The highest BCUT2D eigenvalue weighted by Crippen LogP contribution is 2.37. The minimum Gasteiger partial charge on any atom is -0.276 e. The van der Waals surface area contributed by atoms with Crippen molar-refractivity contribution in [2.75, 3.05) is 0 Å². The second kappa shape index (κ2) is 6.08. The first-order valence-electron chi connectivity index (χ1n) is 4.69. The summed E-state index contributed by atoms with van der Waals surface area (Å²) < 4.78 is 72.6. The molecular formula is C10H4F6O2S2. The molecule has 20 heavy (non-hydrogen) atoms. The van der Waals surface area contributed by atoms with E-state index < -0.39 is 22.6 Å². The van der Waals surface area contributed by atoms with E-state index in [-0.39, 0.29) is 33.3 Å². The fourth-order valence-electron chi connectivity index (χ4n) is 0.934. The number of carbonyl (C=O) groups is 2. The van der Waals surface area contributed by atoms with E-state index in [4.69, 9.17) is 0 Å². The lowest BCUT2D eigenvalue weighted by Gasteiger charge is -2.09. The molecule has 1 aromatic carbocycles. The van der Waals surface area contributed by atoms with Crippen LogP contribution < -0.4 is 0 Å². The summed E-state index contributed by atoms with van der Waals surface area (Å²) in [4.78, 5) is 20.9. The summed E-state index contributed by atoms with van der Waals surface area (Å²) >= 11 is -0.549. The third-order valence-corrected chi connectivity index (χ3v) is 3.83. The van der Waals surface area contributed by atoms with Crippen LogP contribution in [-0.4, -0.2) is 22.6 Å². The number of benzene rings is 1. The maximum absolute atomic E-state index is 12.1. The largest absolute Gasteiger partial charge is 0.461 e. The third kappa shape index (κ3) is 4.75. The van der Waals surface area contributed by atoms with Gasteiger partial charge in [-0.15, -0.1) is 0 Å².